The molecule has 3 amide bonds. The number of hydrogen-bond donors (Lipinski definition) is 3. The van der Waals surface area contributed by atoms with Crippen LogP contribution >= 0.6 is 0 Å². The van der Waals surface area contributed by atoms with Gasteiger partial charge in [-0.05, 0) is 31.6 Å². The second kappa shape index (κ2) is 10.3. The van der Waals surface area contributed by atoms with Gasteiger partial charge in [0.25, 0.3) is 5.91 Å². The molecule has 1 aromatic heterocycles. The highest BCUT2D eigenvalue weighted by Gasteiger charge is 2.35. The van der Waals surface area contributed by atoms with Crippen LogP contribution in [0.4, 0.5) is 18.0 Å². The maximum Gasteiger partial charge on any atom is 0.435 e. The summed E-state index contributed by atoms with van der Waals surface area (Å²) >= 11 is 0. The Hall–Kier alpha value is -2.35. The molecule has 2 heterocycles. The second-order valence-electron chi connectivity index (χ2n) is 7.29. The molecule has 1 saturated heterocycles. The lowest BCUT2D eigenvalue weighted by Gasteiger charge is -2.31. The molecule has 1 aliphatic rings. The molecular weight excluding hydrogens is 441 g/mol. The maximum atomic E-state index is 12.7. The third kappa shape index (κ3) is 7.09. The smallest absolute Gasteiger partial charge is 0.351 e. The van der Waals surface area contributed by atoms with Crippen molar-refractivity contribution in [2.24, 2.45) is 13.0 Å². The van der Waals surface area contributed by atoms with Gasteiger partial charge < -0.3 is 10.6 Å². The molecule has 0 bridgehead atoms. The van der Waals surface area contributed by atoms with E-state index in [1.165, 1.54) is 11.4 Å². The number of urea groups is 1. The zero-order valence-electron chi connectivity index (χ0n) is 17.3. The summed E-state index contributed by atoms with van der Waals surface area (Å²) in [5, 5.41) is 8.32. The van der Waals surface area contributed by atoms with E-state index in [0.717, 1.165) is 4.68 Å². The van der Waals surface area contributed by atoms with Crippen LogP contribution in [0.2, 0.25) is 0 Å². The van der Waals surface area contributed by atoms with Crippen molar-refractivity contribution >= 4 is 22.1 Å². The monoisotopic (exact) mass is 468 g/mol. The van der Waals surface area contributed by atoms with E-state index >= 15 is 0 Å². The molecule has 0 spiro atoms. The number of nitrogens with one attached hydrogen (secondary N) is 3. The van der Waals surface area contributed by atoms with Crippen molar-refractivity contribution in [1.82, 2.24) is 29.4 Å². The van der Waals surface area contributed by atoms with Crippen LogP contribution in [0.3, 0.4) is 0 Å². The van der Waals surface area contributed by atoms with Gasteiger partial charge in [0, 0.05) is 39.3 Å². The van der Waals surface area contributed by atoms with Crippen LogP contribution in [0.25, 0.3) is 0 Å². The summed E-state index contributed by atoms with van der Waals surface area (Å²) in [5.74, 6) is -0.522. The molecular formula is C17H27F3N6O4S. The van der Waals surface area contributed by atoms with Gasteiger partial charge in [0.1, 0.15) is 5.69 Å². The topological polar surface area (TPSA) is 125 Å². The van der Waals surface area contributed by atoms with Crippen molar-refractivity contribution in [2.75, 3.05) is 26.2 Å². The molecule has 0 aliphatic carbocycles. The normalized spacial score (nSPS) is 16.2. The van der Waals surface area contributed by atoms with Crippen LogP contribution < -0.4 is 15.4 Å². The number of carbonyl (C=O) groups excluding carboxylic acids is 2. The molecule has 2 rings (SSSR count). The molecule has 1 aliphatic heterocycles. The molecule has 176 valence electrons. The number of halogens is 3. The van der Waals surface area contributed by atoms with E-state index in [4.69, 9.17) is 0 Å². The summed E-state index contributed by atoms with van der Waals surface area (Å²) in [4.78, 5) is 23.7. The van der Waals surface area contributed by atoms with Crippen molar-refractivity contribution in [3.8, 4) is 0 Å². The number of amides is 3. The lowest BCUT2D eigenvalue weighted by molar-refractivity contribution is -0.141. The summed E-state index contributed by atoms with van der Waals surface area (Å²) in [7, 11) is -2.66. The van der Waals surface area contributed by atoms with Crippen LogP contribution in [0.5, 0.6) is 0 Å². The third-order valence-corrected chi connectivity index (χ3v) is 6.40. The number of nitrogens with zero attached hydrogens (tertiary/aromatic N) is 3. The summed E-state index contributed by atoms with van der Waals surface area (Å²) < 4.78 is 66.6. The Morgan fingerprint density at radius 3 is 2.39 bits per heavy atom. The van der Waals surface area contributed by atoms with E-state index in [9.17, 15) is 31.2 Å². The third-order valence-electron chi connectivity index (χ3n) is 4.91. The van der Waals surface area contributed by atoms with Gasteiger partial charge in [0.05, 0.1) is 0 Å². The van der Waals surface area contributed by atoms with E-state index in [1.54, 1.807) is 0 Å². The number of alkyl halides is 3. The van der Waals surface area contributed by atoms with Gasteiger partial charge in [-0.15, -0.1) is 0 Å². The van der Waals surface area contributed by atoms with Crippen LogP contribution in [-0.4, -0.2) is 60.6 Å². The maximum absolute atomic E-state index is 12.7. The van der Waals surface area contributed by atoms with Crippen molar-refractivity contribution in [3.05, 3.63) is 17.5 Å². The molecule has 0 aromatic carbocycles. The number of piperidine rings is 1. The van der Waals surface area contributed by atoms with Gasteiger partial charge >= 0.3 is 22.4 Å². The minimum Gasteiger partial charge on any atom is -0.351 e. The molecule has 1 fully saturated rings. The first-order valence-electron chi connectivity index (χ1n) is 9.89. The lowest BCUT2D eigenvalue weighted by atomic mass is 9.95. The molecule has 0 atom stereocenters. The van der Waals surface area contributed by atoms with Gasteiger partial charge in [0.2, 0.25) is 0 Å². The Morgan fingerprint density at radius 2 is 1.84 bits per heavy atom. The average Bonchev–Trinajstić information content (AvgIpc) is 3.08. The minimum absolute atomic E-state index is 0.137. The van der Waals surface area contributed by atoms with Crippen LogP contribution in [-0.2, 0) is 23.4 Å². The second-order valence-corrected chi connectivity index (χ2v) is 8.96. The van der Waals surface area contributed by atoms with Crippen LogP contribution in [0.15, 0.2) is 6.07 Å². The molecule has 1 aromatic rings. The van der Waals surface area contributed by atoms with Crippen molar-refractivity contribution < 1.29 is 31.2 Å². The van der Waals surface area contributed by atoms with E-state index < -0.39 is 34.0 Å². The molecule has 10 nitrogen and oxygen atoms in total. The molecule has 0 radical (unpaired) electrons. The molecule has 14 heteroatoms. The molecule has 3 N–H and O–H groups in total. The fourth-order valence-corrected chi connectivity index (χ4v) is 4.32. The van der Waals surface area contributed by atoms with Crippen molar-refractivity contribution in [1.29, 1.82) is 0 Å². The fourth-order valence-electron chi connectivity index (χ4n) is 3.19. The quantitative estimate of drug-likeness (QED) is 0.529. The summed E-state index contributed by atoms with van der Waals surface area (Å²) in [6.07, 6.45) is -2.32. The SMILES string of the molecule is CCCNC(=O)NS(=O)(=O)N1CCC(CCNC(=O)c2cc(C(F)(F)F)nn2C)CC1. The molecule has 0 unspecified atom stereocenters. The Labute approximate surface area is 178 Å². The van der Waals surface area contributed by atoms with Gasteiger partial charge in [-0.2, -0.15) is 31.0 Å². The summed E-state index contributed by atoms with van der Waals surface area (Å²) in [6.45, 7) is 2.90. The van der Waals surface area contributed by atoms with Crippen LogP contribution in [0.1, 0.15) is 48.8 Å². The van der Waals surface area contributed by atoms with E-state index in [2.05, 4.69) is 15.7 Å². The minimum atomic E-state index is -4.63. The number of hydrogen-bond acceptors (Lipinski definition) is 5. The Kier molecular flexibility index (Phi) is 8.28. The Bertz CT molecular complexity index is 879. The molecule has 31 heavy (non-hydrogen) atoms. The van der Waals surface area contributed by atoms with Crippen molar-refractivity contribution in [3.63, 3.8) is 0 Å². The highest BCUT2D eigenvalue weighted by atomic mass is 32.2. The first kappa shape index (κ1) is 24.9. The van der Waals surface area contributed by atoms with E-state index in [0.29, 0.717) is 38.3 Å². The van der Waals surface area contributed by atoms with Gasteiger partial charge in [-0.25, -0.2) is 9.52 Å². The Balaban J connectivity index is 1.77. The number of carbonyl (C=O) groups is 2. The Morgan fingerprint density at radius 1 is 1.19 bits per heavy atom. The zero-order chi connectivity index (χ0) is 23.2. The largest absolute Gasteiger partial charge is 0.435 e. The summed E-state index contributed by atoms with van der Waals surface area (Å²) in [6, 6.07) is -0.0713. The zero-order valence-corrected chi connectivity index (χ0v) is 18.1. The number of aryl methyl sites for hydroxylation is 1. The van der Waals surface area contributed by atoms with E-state index in [-0.39, 0.29) is 31.2 Å². The highest BCUT2D eigenvalue weighted by Crippen LogP contribution is 2.28. The summed E-state index contributed by atoms with van der Waals surface area (Å²) in [5.41, 5.74) is -1.33. The fraction of sp³-hybridized carbons (Fsp3) is 0.706. The number of rotatable bonds is 8. The van der Waals surface area contributed by atoms with Crippen LogP contribution in [0, 0.1) is 5.92 Å². The standard InChI is InChI=1S/C17H27F3N6O4S/c1-3-7-22-16(28)24-31(29,30)26-9-5-12(6-10-26)4-8-21-15(27)13-11-14(17(18,19)20)23-25(13)2/h11-12H,3-10H2,1-2H3,(H,21,27)(H2,22,24,28). The highest BCUT2D eigenvalue weighted by molar-refractivity contribution is 7.87. The van der Waals surface area contributed by atoms with E-state index in [1.807, 2.05) is 11.6 Å². The molecule has 0 saturated carbocycles. The van der Waals surface area contributed by atoms with Gasteiger partial charge in [0.15, 0.2) is 5.69 Å². The predicted molar refractivity (Wildman–Crippen MR) is 105 cm³/mol. The predicted octanol–water partition coefficient (Wildman–Crippen LogP) is 1.22. The lowest BCUT2D eigenvalue weighted by Crippen LogP contribution is -2.49. The first-order chi connectivity index (χ1) is 14.4. The first-order valence-corrected chi connectivity index (χ1v) is 11.3. The average molecular weight is 469 g/mol. The van der Waals surface area contributed by atoms with Gasteiger partial charge in [-0.3, -0.25) is 9.48 Å². The van der Waals surface area contributed by atoms with Crippen molar-refractivity contribution in [2.45, 2.75) is 38.8 Å². The van der Waals surface area contributed by atoms with Gasteiger partial charge in [-0.1, -0.05) is 6.92 Å². The number of aromatic nitrogens is 2.